The van der Waals surface area contributed by atoms with Crippen LogP contribution in [0, 0.1) is 0 Å². The minimum absolute atomic E-state index is 0.0133. The molecule has 1 saturated carbocycles. The number of rotatable bonds is 3. The van der Waals surface area contributed by atoms with Crippen LogP contribution in [0.4, 0.5) is 4.79 Å². The summed E-state index contributed by atoms with van der Waals surface area (Å²) < 4.78 is 0. The van der Waals surface area contributed by atoms with Crippen LogP contribution in [0.3, 0.4) is 0 Å². The van der Waals surface area contributed by atoms with Crippen molar-refractivity contribution >= 4 is 6.03 Å². The molecule has 1 aliphatic heterocycles. The van der Waals surface area contributed by atoms with Crippen LogP contribution in [0.2, 0.25) is 0 Å². The fraction of sp³-hybridized carbons (Fsp3) is 0.562. The van der Waals surface area contributed by atoms with Gasteiger partial charge in [0.25, 0.3) is 0 Å². The van der Waals surface area contributed by atoms with Crippen LogP contribution in [0.25, 0.3) is 0 Å². The zero-order chi connectivity index (χ0) is 14.1. The number of amides is 2. The molecule has 0 aromatic heterocycles. The van der Waals surface area contributed by atoms with E-state index in [1.807, 2.05) is 0 Å². The number of carbonyl (C=O) groups is 1. The molecule has 4 nitrogen and oxygen atoms in total. The van der Waals surface area contributed by atoms with Gasteiger partial charge in [-0.2, -0.15) is 0 Å². The predicted octanol–water partition coefficient (Wildman–Crippen LogP) is 2.12. The summed E-state index contributed by atoms with van der Waals surface area (Å²) in [6.45, 7) is 3.89. The molecule has 1 aliphatic carbocycles. The van der Waals surface area contributed by atoms with E-state index in [2.05, 4.69) is 53.2 Å². The Kier molecular flexibility index (Phi) is 3.42. The van der Waals surface area contributed by atoms with Gasteiger partial charge in [-0.25, -0.2) is 4.79 Å². The molecular weight excluding hydrogens is 250 g/mol. The van der Waals surface area contributed by atoms with Gasteiger partial charge in [-0.05, 0) is 37.8 Å². The zero-order valence-electron chi connectivity index (χ0n) is 12.0. The van der Waals surface area contributed by atoms with E-state index < -0.39 is 0 Å². The highest BCUT2D eigenvalue weighted by molar-refractivity contribution is 5.77. The van der Waals surface area contributed by atoms with Gasteiger partial charge in [0.2, 0.25) is 0 Å². The fourth-order valence-corrected chi connectivity index (χ4v) is 3.70. The second-order valence-electron chi connectivity index (χ2n) is 6.07. The number of benzene rings is 1. The predicted molar refractivity (Wildman–Crippen MR) is 79.5 cm³/mol. The van der Waals surface area contributed by atoms with Crippen molar-refractivity contribution in [3.8, 4) is 0 Å². The lowest BCUT2D eigenvalue weighted by Crippen LogP contribution is -2.54. The maximum absolute atomic E-state index is 11.4. The van der Waals surface area contributed by atoms with E-state index in [1.54, 1.807) is 0 Å². The molecule has 1 aromatic rings. The average molecular weight is 273 g/mol. The van der Waals surface area contributed by atoms with Crippen molar-refractivity contribution in [1.82, 2.24) is 16.0 Å². The molecule has 108 valence electrons. The number of hydrogen-bond acceptors (Lipinski definition) is 2. The van der Waals surface area contributed by atoms with Gasteiger partial charge in [-0.1, -0.05) is 37.3 Å². The average Bonchev–Trinajstić information content (AvgIpc) is 2.84. The van der Waals surface area contributed by atoms with E-state index in [9.17, 15) is 4.79 Å². The van der Waals surface area contributed by atoms with E-state index in [0.29, 0.717) is 0 Å². The lowest BCUT2D eigenvalue weighted by Gasteiger charge is -2.45. The van der Waals surface area contributed by atoms with E-state index in [-0.39, 0.29) is 17.1 Å². The summed E-state index contributed by atoms with van der Waals surface area (Å²) in [7, 11) is 0. The minimum atomic E-state index is -0.0230. The molecule has 0 atom stereocenters. The Morgan fingerprint density at radius 3 is 2.40 bits per heavy atom. The molecule has 2 fully saturated rings. The maximum atomic E-state index is 11.4. The van der Waals surface area contributed by atoms with E-state index in [4.69, 9.17) is 0 Å². The van der Waals surface area contributed by atoms with Gasteiger partial charge in [-0.15, -0.1) is 0 Å². The maximum Gasteiger partial charge on any atom is 0.315 e. The molecule has 3 rings (SSSR count). The van der Waals surface area contributed by atoms with Crippen molar-refractivity contribution in [2.24, 2.45) is 0 Å². The Morgan fingerprint density at radius 2 is 1.85 bits per heavy atom. The highest BCUT2D eigenvalue weighted by Crippen LogP contribution is 2.41. The third-order valence-corrected chi connectivity index (χ3v) is 4.87. The lowest BCUT2D eigenvalue weighted by molar-refractivity contribution is 0.160. The summed E-state index contributed by atoms with van der Waals surface area (Å²) in [5.74, 6) is 0. The molecule has 2 amide bonds. The Balaban J connectivity index is 1.80. The zero-order valence-corrected chi connectivity index (χ0v) is 12.0. The molecule has 1 heterocycles. The molecule has 1 saturated heterocycles. The van der Waals surface area contributed by atoms with Crippen LogP contribution in [0.5, 0.6) is 0 Å². The highest BCUT2D eigenvalue weighted by Gasteiger charge is 2.46. The van der Waals surface area contributed by atoms with E-state index in [1.165, 1.54) is 5.56 Å². The third-order valence-electron chi connectivity index (χ3n) is 4.87. The number of urea groups is 1. The summed E-state index contributed by atoms with van der Waals surface area (Å²) in [5.41, 5.74) is 1.41. The van der Waals surface area contributed by atoms with E-state index >= 15 is 0 Å². The molecule has 20 heavy (non-hydrogen) atoms. The van der Waals surface area contributed by atoms with E-state index in [0.717, 1.165) is 38.8 Å². The van der Waals surface area contributed by atoms with Gasteiger partial charge >= 0.3 is 6.03 Å². The van der Waals surface area contributed by atoms with Crippen LogP contribution in [-0.4, -0.2) is 24.7 Å². The van der Waals surface area contributed by atoms with Crippen LogP contribution in [0.1, 0.15) is 38.2 Å². The van der Waals surface area contributed by atoms with Gasteiger partial charge in [0, 0.05) is 12.1 Å². The first-order chi connectivity index (χ1) is 9.68. The first kappa shape index (κ1) is 13.4. The molecule has 0 unspecified atom stereocenters. The van der Waals surface area contributed by atoms with Crippen LogP contribution in [-0.2, 0) is 5.54 Å². The number of carbonyl (C=O) groups excluding carboxylic acids is 1. The largest absolute Gasteiger partial charge is 0.336 e. The summed E-state index contributed by atoms with van der Waals surface area (Å²) in [4.78, 5) is 11.4. The second-order valence-corrected chi connectivity index (χ2v) is 6.07. The van der Waals surface area contributed by atoms with Gasteiger partial charge < -0.3 is 16.0 Å². The highest BCUT2D eigenvalue weighted by atomic mass is 16.2. The van der Waals surface area contributed by atoms with Crippen LogP contribution >= 0.6 is 0 Å². The van der Waals surface area contributed by atoms with Crippen molar-refractivity contribution in [3.63, 3.8) is 0 Å². The number of hydrogen-bond donors (Lipinski definition) is 3. The van der Waals surface area contributed by atoms with Crippen molar-refractivity contribution in [1.29, 1.82) is 0 Å². The van der Waals surface area contributed by atoms with Crippen LogP contribution in [0.15, 0.2) is 30.3 Å². The SMILES string of the molecule is CCN[C@]1(c2ccccc2)CC[C@@]2(CC1)CNC(=O)N2. The Hall–Kier alpha value is -1.55. The lowest BCUT2D eigenvalue weighted by atomic mass is 9.69. The normalized spacial score (nSPS) is 33.0. The topological polar surface area (TPSA) is 53.2 Å². The molecule has 0 bridgehead atoms. The molecule has 1 spiro atoms. The third kappa shape index (κ3) is 2.29. The second kappa shape index (κ2) is 5.09. The Bertz CT molecular complexity index is 478. The standard InChI is InChI=1S/C16H23N3O/c1-2-18-16(13-6-4-3-5-7-13)10-8-15(9-11-16)12-17-14(20)19-15/h3-7,18H,2,8-12H2,1H3,(H2,17,19,20)/t15-,16-. The quantitative estimate of drug-likeness (QED) is 0.790. The molecule has 4 heteroatoms. The van der Waals surface area contributed by atoms with Gasteiger partial charge in [-0.3, -0.25) is 0 Å². The van der Waals surface area contributed by atoms with Gasteiger partial charge in [0.1, 0.15) is 0 Å². The Labute approximate surface area is 120 Å². The molecule has 1 aromatic carbocycles. The molecule has 0 radical (unpaired) electrons. The van der Waals surface area contributed by atoms with Crippen molar-refractivity contribution in [2.75, 3.05) is 13.1 Å². The minimum Gasteiger partial charge on any atom is -0.336 e. The monoisotopic (exact) mass is 273 g/mol. The summed E-state index contributed by atoms with van der Waals surface area (Å²) in [6, 6.07) is 10.7. The van der Waals surface area contributed by atoms with Crippen LogP contribution < -0.4 is 16.0 Å². The molecular formula is C16H23N3O. The summed E-state index contributed by atoms with van der Waals surface area (Å²) >= 11 is 0. The molecule has 3 N–H and O–H groups in total. The fourth-order valence-electron chi connectivity index (χ4n) is 3.70. The Morgan fingerprint density at radius 1 is 1.15 bits per heavy atom. The van der Waals surface area contributed by atoms with Crippen molar-refractivity contribution < 1.29 is 4.79 Å². The molecule has 2 aliphatic rings. The first-order valence-corrected chi connectivity index (χ1v) is 7.55. The van der Waals surface area contributed by atoms with Gasteiger partial charge in [0.05, 0.1) is 5.54 Å². The smallest absolute Gasteiger partial charge is 0.315 e. The van der Waals surface area contributed by atoms with Gasteiger partial charge in [0.15, 0.2) is 0 Å². The summed E-state index contributed by atoms with van der Waals surface area (Å²) in [6.07, 6.45) is 4.17. The van der Waals surface area contributed by atoms with Crippen molar-refractivity contribution in [2.45, 2.75) is 43.7 Å². The van der Waals surface area contributed by atoms with Crippen molar-refractivity contribution in [3.05, 3.63) is 35.9 Å². The summed E-state index contributed by atoms with van der Waals surface area (Å²) in [5, 5.41) is 9.73. The first-order valence-electron chi connectivity index (χ1n) is 7.55. The number of nitrogens with one attached hydrogen (secondary N) is 3.